The van der Waals surface area contributed by atoms with Crippen LogP contribution in [-0.4, -0.2) is 35.3 Å². The number of hydrogen-bond donors (Lipinski definition) is 0. The number of benzene rings is 1. The summed E-state index contributed by atoms with van der Waals surface area (Å²) >= 11 is 1.72. The lowest BCUT2D eigenvalue weighted by atomic mass is 10.1. The van der Waals surface area contributed by atoms with Crippen LogP contribution in [0.2, 0.25) is 0 Å². The highest BCUT2D eigenvalue weighted by Gasteiger charge is 2.17. The first-order chi connectivity index (χ1) is 15.3. The number of ether oxygens (including phenoxy) is 2. The number of rotatable bonds is 11. The van der Waals surface area contributed by atoms with E-state index in [1.54, 1.807) is 35.6 Å². The summed E-state index contributed by atoms with van der Waals surface area (Å²) in [6, 6.07) is 12.7. The summed E-state index contributed by atoms with van der Waals surface area (Å²) in [4.78, 5) is 37.2. The first-order valence-electron chi connectivity index (χ1n) is 10.5. The Morgan fingerprint density at radius 3 is 2.47 bits per heavy atom. The molecule has 0 amide bonds. The third-order valence-electron chi connectivity index (χ3n) is 5.24. The average molecular weight is 454 g/mol. The van der Waals surface area contributed by atoms with Gasteiger partial charge in [0, 0.05) is 33.9 Å². The molecule has 0 spiro atoms. The highest BCUT2D eigenvalue weighted by atomic mass is 32.1. The maximum Gasteiger partial charge on any atom is 0.309 e. The number of aryl methyl sites for hydroxylation is 2. The Labute approximate surface area is 191 Å². The van der Waals surface area contributed by atoms with Gasteiger partial charge in [0.1, 0.15) is 5.75 Å². The van der Waals surface area contributed by atoms with Crippen LogP contribution >= 0.6 is 11.3 Å². The Morgan fingerprint density at radius 1 is 1.06 bits per heavy atom. The number of carbonyl (C=O) groups excluding carboxylic acids is 3. The smallest absolute Gasteiger partial charge is 0.309 e. The first-order valence-corrected chi connectivity index (χ1v) is 11.3. The predicted octanol–water partition coefficient (Wildman–Crippen LogP) is 4.81. The molecule has 3 rings (SSSR count). The molecule has 0 unspecified atom stereocenters. The molecule has 0 atom stereocenters. The topological polar surface area (TPSA) is 74.6 Å². The zero-order valence-corrected chi connectivity index (χ0v) is 19.4. The molecular formula is C25H27NO5S. The second-order valence-electron chi connectivity index (χ2n) is 7.53. The Bertz CT molecular complexity index is 1080. The van der Waals surface area contributed by atoms with Crippen LogP contribution in [0.4, 0.5) is 0 Å². The van der Waals surface area contributed by atoms with Crippen molar-refractivity contribution in [2.24, 2.45) is 0 Å². The van der Waals surface area contributed by atoms with Crippen LogP contribution < -0.4 is 4.74 Å². The molecule has 2 aromatic heterocycles. The van der Waals surface area contributed by atoms with Gasteiger partial charge in [0.05, 0.1) is 13.0 Å². The van der Waals surface area contributed by atoms with Crippen molar-refractivity contribution in [3.63, 3.8) is 0 Å². The van der Waals surface area contributed by atoms with Crippen molar-refractivity contribution in [2.45, 2.75) is 40.2 Å². The van der Waals surface area contributed by atoms with E-state index in [1.165, 1.54) is 11.8 Å². The Morgan fingerprint density at radius 2 is 1.81 bits per heavy atom. The van der Waals surface area contributed by atoms with Crippen molar-refractivity contribution in [1.82, 2.24) is 4.57 Å². The zero-order valence-electron chi connectivity index (χ0n) is 18.6. The van der Waals surface area contributed by atoms with Gasteiger partial charge in [-0.2, -0.15) is 0 Å². The van der Waals surface area contributed by atoms with Crippen LogP contribution in [0, 0.1) is 13.8 Å². The Hall–Kier alpha value is -3.19. The molecule has 3 aromatic rings. The molecule has 0 saturated heterocycles. The maximum absolute atomic E-state index is 12.6. The lowest BCUT2D eigenvalue weighted by molar-refractivity contribution is -0.143. The molecule has 0 aliphatic heterocycles. The lowest BCUT2D eigenvalue weighted by Gasteiger charge is -2.09. The predicted molar refractivity (Wildman–Crippen MR) is 124 cm³/mol. The molecule has 1 aromatic carbocycles. The van der Waals surface area contributed by atoms with Gasteiger partial charge in [-0.25, -0.2) is 0 Å². The fraction of sp³-hybridized carbons (Fsp3) is 0.320. The van der Waals surface area contributed by atoms with E-state index in [2.05, 4.69) is 16.0 Å². The molecule has 0 N–H and O–H groups in total. The number of hydrogen-bond acceptors (Lipinski definition) is 6. The van der Waals surface area contributed by atoms with Crippen molar-refractivity contribution >= 4 is 28.9 Å². The summed E-state index contributed by atoms with van der Waals surface area (Å²) in [6.45, 7) is 6.03. The van der Waals surface area contributed by atoms with Crippen molar-refractivity contribution in [1.29, 1.82) is 0 Å². The molecule has 32 heavy (non-hydrogen) atoms. The van der Waals surface area contributed by atoms with Crippen molar-refractivity contribution in [2.75, 3.05) is 13.2 Å². The lowest BCUT2D eigenvalue weighted by Crippen LogP contribution is -2.16. The van der Waals surface area contributed by atoms with Crippen LogP contribution in [0.3, 0.4) is 0 Å². The number of Topliss-reactive ketones (excluding diaryl/α,β-unsaturated/α-hetero) is 2. The molecule has 0 radical (unpaired) electrons. The second-order valence-corrected chi connectivity index (χ2v) is 8.56. The van der Waals surface area contributed by atoms with E-state index >= 15 is 0 Å². The van der Waals surface area contributed by atoms with E-state index < -0.39 is 5.97 Å². The van der Waals surface area contributed by atoms with Crippen LogP contribution in [0.25, 0.3) is 0 Å². The van der Waals surface area contributed by atoms with Gasteiger partial charge in [0.2, 0.25) is 5.78 Å². The van der Waals surface area contributed by atoms with Crippen molar-refractivity contribution < 1.29 is 23.9 Å². The molecule has 0 aliphatic carbocycles. The fourth-order valence-electron chi connectivity index (χ4n) is 3.44. The quantitative estimate of drug-likeness (QED) is 0.308. The number of nitrogens with zero attached hydrogens (tertiary/aromatic N) is 1. The summed E-state index contributed by atoms with van der Waals surface area (Å²) in [5.41, 5.74) is 3.08. The minimum atomic E-state index is -0.495. The first kappa shape index (κ1) is 23.5. The van der Waals surface area contributed by atoms with Gasteiger partial charge >= 0.3 is 5.97 Å². The van der Waals surface area contributed by atoms with E-state index in [0.717, 1.165) is 24.4 Å². The summed E-state index contributed by atoms with van der Waals surface area (Å²) in [6.07, 6.45) is 0.940. The minimum absolute atomic E-state index is 0.0203. The fourth-order valence-corrected chi connectivity index (χ4v) is 4.14. The van der Waals surface area contributed by atoms with Gasteiger partial charge in [0.25, 0.3) is 0 Å². The second kappa shape index (κ2) is 10.9. The number of aromatic nitrogens is 1. The third-order valence-corrected chi connectivity index (χ3v) is 6.17. The summed E-state index contributed by atoms with van der Waals surface area (Å²) < 4.78 is 12.8. The summed E-state index contributed by atoms with van der Waals surface area (Å²) in [5, 5.41) is 2.06. The summed E-state index contributed by atoms with van der Waals surface area (Å²) in [5.74, 6) is -0.165. The molecule has 2 heterocycles. The van der Waals surface area contributed by atoms with Crippen molar-refractivity contribution in [3.8, 4) is 5.75 Å². The standard InChI is InChI=1S/C25H27NO5S/c1-17-15-23(18(2)26(17)12-10-22-5-4-14-32-22)24(28)16-31-25(29)11-13-30-21-8-6-20(7-9-21)19(3)27/h4-9,14-15H,10-13,16H2,1-3H3. The molecular weight excluding hydrogens is 426 g/mol. The van der Waals surface area contributed by atoms with Crippen LogP contribution in [-0.2, 0) is 22.5 Å². The number of carbonyl (C=O) groups is 3. The minimum Gasteiger partial charge on any atom is -0.493 e. The van der Waals surface area contributed by atoms with Crippen LogP contribution in [0.15, 0.2) is 47.8 Å². The molecule has 168 valence electrons. The molecule has 0 bridgehead atoms. The maximum atomic E-state index is 12.6. The van der Waals surface area contributed by atoms with E-state index in [-0.39, 0.29) is 31.2 Å². The summed E-state index contributed by atoms with van der Waals surface area (Å²) in [7, 11) is 0. The molecule has 0 saturated carbocycles. The Balaban J connectivity index is 1.45. The monoisotopic (exact) mass is 453 g/mol. The van der Waals surface area contributed by atoms with Gasteiger partial charge in [-0.05, 0) is 69.0 Å². The molecule has 0 aliphatic rings. The van der Waals surface area contributed by atoms with Gasteiger partial charge in [-0.15, -0.1) is 11.3 Å². The number of esters is 1. The van der Waals surface area contributed by atoms with Crippen LogP contribution in [0.5, 0.6) is 5.75 Å². The highest BCUT2D eigenvalue weighted by molar-refractivity contribution is 7.09. The van der Waals surface area contributed by atoms with Gasteiger partial charge in [-0.1, -0.05) is 6.07 Å². The number of thiophene rings is 1. The third kappa shape index (κ3) is 6.17. The van der Waals surface area contributed by atoms with Gasteiger partial charge in [0.15, 0.2) is 12.4 Å². The molecule has 0 fully saturated rings. The largest absolute Gasteiger partial charge is 0.493 e. The highest BCUT2D eigenvalue weighted by Crippen LogP contribution is 2.18. The van der Waals surface area contributed by atoms with Gasteiger partial charge < -0.3 is 14.0 Å². The van der Waals surface area contributed by atoms with E-state index in [9.17, 15) is 14.4 Å². The SMILES string of the molecule is CC(=O)c1ccc(OCCC(=O)OCC(=O)c2cc(C)n(CCc3cccs3)c2C)cc1. The van der Waals surface area contributed by atoms with Crippen molar-refractivity contribution in [3.05, 3.63) is 75.2 Å². The Kier molecular flexibility index (Phi) is 8.00. The van der Waals surface area contributed by atoms with E-state index in [1.807, 2.05) is 26.0 Å². The average Bonchev–Trinajstić information content (AvgIpc) is 3.39. The van der Waals surface area contributed by atoms with E-state index in [4.69, 9.17) is 9.47 Å². The van der Waals surface area contributed by atoms with E-state index in [0.29, 0.717) is 16.9 Å². The molecule has 6 nitrogen and oxygen atoms in total. The normalized spacial score (nSPS) is 10.7. The van der Waals surface area contributed by atoms with Gasteiger partial charge in [-0.3, -0.25) is 14.4 Å². The zero-order chi connectivity index (χ0) is 23.1. The number of ketones is 2. The van der Waals surface area contributed by atoms with Crippen LogP contribution in [0.1, 0.15) is 50.3 Å². The molecule has 7 heteroatoms.